The molecule has 0 radical (unpaired) electrons. The van der Waals surface area contributed by atoms with Gasteiger partial charge in [0.25, 0.3) is 0 Å². The lowest BCUT2D eigenvalue weighted by atomic mass is 10.3. The normalized spacial score (nSPS) is 10.4. The lowest BCUT2D eigenvalue weighted by Crippen LogP contribution is -2.02. The number of aromatic nitrogens is 1. The standard InChI is InChI=1S/C13H11Cl3N2/c1-8-3-2-4-9(18-8)7-17-13-6-11(15)10(14)5-12(13)16/h2-6,17H,7H2,1H3. The molecule has 0 atom stereocenters. The minimum atomic E-state index is 0.445. The van der Waals surface area contributed by atoms with Crippen LogP contribution in [0.1, 0.15) is 11.4 Å². The Balaban J connectivity index is 2.13. The molecule has 0 saturated carbocycles. The Morgan fingerprint density at radius 2 is 1.78 bits per heavy atom. The second kappa shape index (κ2) is 5.79. The fourth-order valence-electron chi connectivity index (χ4n) is 1.54. The maximum atomic E-state index is 6.07. The van der Waals surface area contributed by atoms with Crippen molar-refractivity contribution in [3.05, 3.63) is 56.8 Å². The molecule has 18 heavy (non-hydrogen) atoms. The Labute approximate surface area is 121 Å². The van der Waals surface area contributed by atoms with E-state index in [4.69, 9.17) is 34.8 Å². The molecule has 2 aromatic rings. The van der Waals surface area contributed by atoms with E-state index >= 15 is 0 Å². The van der Waals surface area contributed by atoms with Crippen LogP contribution in [0.15, 0.2) is 30.3 Å². The van der Waals surface area contributed by atoms with Gasteiger partial charge in [0.05, 0.1) is 33.0 Å². The maximum absolute atomic E-state index is 6.07. The summed E-state index contributed by atoms with van der Waals surface area (Å²) in [5.41, 5.74) is 2.67. The highest BCUT2D eigenvalue weighted by Gasteiger charge is 2.06. The molecule has 0 amide bonds. The Morgan fingerprint density at radius 1 is 1.06 bits per heavy atom. The van der Waals surface area contributed by atoms with Crippen LogP contribution in [0, 0.1) is 6.92 Å². The number of aryl methyl sites for hydroxylation is 1. The van der Waals surface area contributed by atoms with Gasteiger partial charge in [0.2, 0.25) is 0 Å². The summed E-state index contributed by atoms with van der Waals surface area (Å²) in [6.45, 7) is 2.54. The van der Waals surface area contributed by atoms with Crippen molar-refractivity contribution in [2.24, 2.45) is 0 Å². The Morgan fingerprint density at radius 3 is 2.50 bits per heavy atom. The number of hydrogen-bond donors (Lipinski definition) is 1. The van der Waals surface area contributed by atoms with E-state index < -0.39 is 0 Å². The zero-order chi connectivity index (χ0) is 13.1. The number of hydrogen-bond acceptors (Lipinski definition) is 2. The zero-order valence-electron chi connectivity index (χ0n) is 9.67. The van der Waals surface area contributed by atoms with Crippen molar-refractivity contribution < 1.29 is 0 Å². The van der Waals surface area contributed by atoms with Crippen molar-refractivity contribution in [3.63, 3.8) is 0 Å². The number of anilines is 1. The van der Waals surface area contributed by atoms with Gasteiger partial charge in [0.15, 0.2) is 0 Å². The van der Waals surface area contributed by atoms with Crippen LogP contribution in [0.3, 0.4) is 0 Å². The molecule has 0 aliphatic heterocycles. The van der Waals surface area contributed by atoms with Crippen LogP contribution >= 0.6 is 34.8 Å². The van der Waals surface area contributed by atoms with Crippen LogP contribution in [0.4, 0.5) is 5.69 Å². The fourth-order valence-corrected chi connectivity index (χ4v) is 2.16. The molecule has 0 bridgehead atoms. The molecule has 0 saturated heterocycles. The number of halogens is 3. The third kappa shape index (κ3) is 3.29. The summed E-state index contributed by atoms with van der Waals surface area (Å²) >= 11 is 17.9. The second-order valence-corrected chi connectivity index (χ2v) is 5.09. The molecule has 1 N–H and O–H groups in total. The summed E-state index contributed by atoms with van der Waals surface area (Å²) in [4.78, 5) is 4.39. The quantitative estimate of drug-likeness (QED) is 0.810. The van der Waals surface area contributed by atoms with Gasteiger partial charge in [-0.15, -0.1) is 0 Å². The third-order valence-corrected chi connectivity index (χ3v) is 3.45. The lowest BCUT2D eigenvalue weighted by Gasteiger charge is -2.09. The van der Waals surface area contributed by atoms with Crippen molar-refractivity contribution in [2.45, 2.75) is 13.5 Å². The number of nitrogens with one attached hydrogen (secondary N) is 1. The van der Waals surface area contributed by atoms with Crippen molar-refractivity contribution in [2.75, 3.05) is 5.32 Å². The van der Waals surface area contributed by atoms with Crippen LogP contribution in [0.5, 0.6) is 0 Å². The summed E-state index contributed by atoms with van der Waals surface area (Å²) in [5.74, 6) is 0. The van der Waals surface area contributed by atoms with Crippen molar-refractivity contribution in [1.82, 2.24) is 4.98 Å². The predicted molar refractivity (Wildman–Crippen MR) is 77.8 cm³/mol. The smallest absolute Gasteiger partial charge is 0.0653 e. The van der Waals surface area contributed by atoms with Gasteiger partial charge in [0, 0.05) is 5.69 Å². The van der Waals surface area contributed by atoms with Gasteiger partial charge in [-0.2, -0.15) is 0 Å². The van der Waals surface area contributed by atoms with E-state index in [2.05, 4.69) is 10.3 Å². The van der Waals surface area contributed by atoms with Crippen molar-refractivity contribution in [3.8, 4) is 0 Å². The molecular weight excluding hydrogens is 291 g/mol. The average molecular weight is 302 g/mol. The summed E-state index contributed by atoms with van der Waals surface area (Å²) in [6.07, 6.45) is 0. The number of nitrogens with zero attached hydrogens (tertiary/aromatic N) is 1. The molecule has 5 heteroatoms. The lowest BCUT2D eigenvalue weighted by molar-refractivity contribution is 1.02. The van der Waals surface area contributed by atoms with Crippen molar-refractivity contribution >= 4 is 40.5 Å². The van der Waals surface area contributed by atoms with E-state index in [1.54, 1.807) is 12.1 Å². The molecule has 2 nitrogen and oxygen atoms in total. The highest BCUT2D eigenvalue weighted by molar-refractivity contribution is 6.44. The van der Waals surface area contributed by atoms with Crippen LogP contribution in [0.25, 0.3) is 0 Å². The molecule has 1 aromatic carbocycles. The van der Waals surface area contributed by atoms with Crippen molar-refractivity contribution in [1.29, 1.82) is 0 Å². The molecule has 94 valence electrons. The zero-order valence-corrected chi connectivity index (χ0v) is 11.9. The summed E-state index contributed by atoms with van der Waals surface area (Å²) < 4.78 is 0. The maximum Gasteiger partial charge on any atom is 0.0653 e. The molecule has 0 fully saturated rings. The molecule has 0 spiro atoms. The fraction of sp³-hybridized carbons (Fsp3) is 0.154. The molecule has 2 rings (SSSR count). The second-order valence-electron chi connectivity index (χ2n) is 3.87. The first kappa shape index (κ1) is 13.5. The number of pyridine rings is 1. The topological polar surface area (TPSA) is 24.9 Å². The van der Waals surface area contributed by atoms with Crippen LogP contribution in [-0.2, 0) is 6.54 Å². The molecule has 0 aliphatic rings. The summed E-state index contributed by atoms with van der Waals surface area (Å²) in [5, 5.41) is 4.64. The summed E-state index contributed by atoms with van der Waals surface area (Å²) in [6, 6.07) is 9.20. The monoisotopic (exact) mass is 300 g/mol. The molecule has 0 unspecified atom stereocenters. The highest BCUT2D eigenvalue weighted by atomic mass is 35.5. The third-order valence-electron chi connectivity index (χ3n) is 2.42. The minimum absolute atomic E-state index is 0.445. The van der Waals surface area contributed by atoms with E-state index in [0.29, 0.717) is 21.6 Å². The highest BCUT2D eigenvalue weighted by Crippen LogP contribution is 2.32. The van der Waals surface area contributed by atoms with E-state index in [1.165, 1.54) is 0 Å². The van der Waals surface area contributed by atoms with Gasteiger partial charge >= 0.3 is 0 Å². The Bertz CT molecular complexity index is 570. The van der Waals surface area contributed by atoms with Crippen LogP contribution < -0.4 is 5.32 Å². The number of benzene rings is 1. The SMILES string of the molecule is Cc1cccc(CNc2cc(Cl)c(Cl)cc2Cl)n1. The van der Waals surface area contributed by atoms with Gasteiger partial charge in [-0.05, 0) is 31.2 Å². The van der Waals surface area contributed by atoms with Gasteiger partial charge in [-0.3, -0.25) is 4.98 Å². The summed E-state index contributed by atoms with van der Waals surface area (Å²) in [7, 11) is 0. The number of rotatable bonds is 3. The van der Waals surface area contributed by atoms with Crippen LogP contribution in [-0.4, -0.2) is 4.98 Å². The van der Waals surface area contributed by atoms with E-state index in [9.17, 15) is 0 Å². The average Bonchev–Trinajstić information content (AvgIpc) is 2.32. The van der Waals surface area contributed by atoms with Gasteiger partial charge < -0.3 is 5.32 Å². The first-order valence-corrected chi connectivity index (χ1v) is 6.50. The van der Waals surface area contributed by atoms with Gasteiger partial charge in [-0.1, -0.05) is 40.9 Å². The first-order chi connectivity index (χ1) is 8.56. The molecular formula is C13H11Cl3N2. The minimum Gasteiger partial charge on any atom is -0.378 e. The first-order valence-electron chi connectivity index (χ1n) is 5.37. The molecule has 1 aromatic heterocycles. The van der Waals surface area contributed by atoms with Gasteiger partial charge in [-0.25, -0.2) is 0 Å². The molecule has 0 aliphatic carbocycles. The Kier molecular flexibility index (Phi) is 4.33. The molecule has 1 heterocycles. The predicted octanol–water partition coefficient (Wildman–Crippen LogP) is 4.96. The van der Waals surface area contributed by atoms with E-state index in [1.807, 2.05) is 25.1 Å². The Hall–Kier alpha value is -0.960. The van der Waals surface area contributed by atoms with Crippen LogP contribution in [0.2, 0.25) is 15.1 Å². The van der Waals surface area contributed by atoms with E-state index in [-0.39, 0.29) is 0 Å². The van der Waals surface area contributed by atoms with Gasteiger partial charge in [0.1, 0.15) is 0 Å². The van der Waals surface area contributed by atoms with E-state index in [0.717, 1.165) is 17.1 Å². The largest absolute Gasteiger partial charge is 0.378 e.